The van der Waals surface area contributed by atoms with Gasteiger partial charge in [0, 0.05) is 12.1 Å². The largest absolute Gasteiger partial charge is 0.446 e. The van der Waals surface area contributed by atoms with Crippen LogP contribution in [0.1, 0.15) is 5.56 Å². The molecule has 0 saturated carbocycles. The van der Waals surface area contributed by atoms with Crippen LogP contribution in [0.15, 0.2) is 18.2 Å². The smallest absolute Gasteiger partial charge is 0.314 e. The van der Waals surface area contributed by atoms with Gasteiger partial charge in [0.2, 0.25) is 5.75 Å². The Bertz CT molecular complexity index is 779. The van der Waals surface area contributed by atoms with Crippen molar-refractivity contribution < 1.29 is 9.66 Å². The summed E-state index contributed by atoms with van der Waals surface area (Å²) in [6.07, 6.45) is 0. The van der Waals surface area contributed by atoms with Gasteiger partial charge in [-0.15, -0.1) is 10.2 Å². The highest BCUT2D eigenvalue weighted by Gasteiger charge is 2.22. The van der Waals surface area contributed by atoms with Crippen LogP contribution in [0.25, 0.3) is 0 Å². The van der Waals surface area contributed by atoms with Gasteiger partial charge in [0.15, 0.2) is 16.1 Å². The van der Waals surface area contributed by atoms with Crippen molar-refractivity contribution in [1.82, 2.24) is 10.2 Å². The van der Waals surface area contributed by atoms with Crippen LogP contribution in [0.2, 0.25) is 10.3 Å². The first kappa shape index (κ1) is 15.7. The first-order valence-electron chi connectivity index (χ1n) is 5.17. The quantitative estimate of drug-likeness (QED) is 0.410. The molecule has 0 aliphatic carbocycles. The zero-order chi connectivity index (χ0) is 15.6. The highest BCUT2D eigenvalue weighted by Crippen LogP contribution is 2.38. The maximum atomic E-state index is 11.1. The Morgan fingerprint density at radius 2 is 2.05 bits per heavy atom. The Hall–Kier alpha value is -1.70. The van der Waals surface area contributed by atoms with E-state index in [1.54, 1.807) is 0 Å². The van der Waals surface area contributed by atoms with E-state index in [1.807, 2.05) is 28.7 Å². The summed E-state index contributed by atoms with van der Waals surface area (Å²) in [7, 11) is 0. The minimum absolute atomic E-state index is 0.0284. The molecule has 0 atom stereocenters. The molecule has 21 heavy (non-hydrogen) atoms. The Balaban J connectivity index is 2.56. The number of hydrogen-bond donors (Lipinski definition) is 0. The Morgan fingerprint density at radius 3 is 2.67 bits per heavy atom. The normalized spacial score (nSPS) is 10.0. The van der Waals surface area contributed by atoms with Gasteiger partial charge >= 0.3 is 5.69 Å². The number of nitrogens with zero attached hydrogens (tertiary/aromatic N) is 4. The standard InChI is InChI=1S/C11H3Cl2IN4O3/c12-9-3-8(11(13)17-16-9)21-10-6(14)1-5(4-15)2-7(10)18(19)20/h1-3H. The van der Waals surface area contributed by atoms with Crippen LogP contribution in [0.3, 0.4) is 0 Å². The second-order valence-corrected chi connectivity index (χ2v) is 5.51. The highest BCUT2D eigenvalue weighted by atomic mass is 127. The molecule has 0 bridgehead atoms. The first-order chi connectivity index (χ1) is 9.92. The van der Waals surface area contributed by atoms with Crippen molar-refractivity contribution in [2.45, 2.75) is 0 Å². The molecule has 106 valence electrons. The molecule has 1 heterocycles. The molecular weight excluding hydrogens is 434 g/mol. The van der Waals surface area contributed by atoms with E-state index in [2.05, 4.69) is 10.2 Å². The van der Waals surface area contributed by atoms with E-state index in [4.69, 9.17) is 33.2 Å². The van der Waals surface area contributed by atoms with Crippen molar-refractivity contribution in [2.75, 3.05) is 0 Å². The number of benzene rings is 1. The third kappa shape index (κ3) is 3.49. The van der Waals surface area contributed by atoms with Crippen LogP contribution >= 0.6 is 45.8 Å². The molecule has 0 spiro atoms. The molecule has 0 aliphatic rings. The van der Waals surface area contributed by atoms with E-state index in [1.165, 1.54) is 12.1 Å². The van der Waals surface area contributed by atoms with E-state index in [0.717, 1.165) is 6.07 Å². The lowest BCUT2D eigenvalue weighted by atomic mass is 10.2. The number of hydrogen-bond acceptors (Lipinski definition) is 6. The molecule has 0 fully saturated rings. The van der Waals surface area contributed by atoms with Crippen LogP contribution in [-0.4, -0.2) is 15.1 Å². The first-order valence-corrected chi connectivity index (χ1v) is 7.00. The molecule has 1 aromatic heterocycles. The molecule has 2 aromatic rings. The lowest BCUT2D eigenvalue weighted by molar-refractivity contribution is -0.385. The SMILES string of the molecule is N#Cc1cc(I)c(Oc2cc(Cl)nnc2Cl)c([N+](=O)[O-])c1. The summed E-state index contributed by atoms with van der Waals surface area (Å²) in [4.78, 5) is 10.5. The molecule has 10 heteroatoms. The molecule has 0 aliphatic heterocycles. The molecule has 0 unspecified atom stereocenters. The average molecular weight is 437 g/mol. The maximum Gasteiger partial charge on any atom is 0.314 e. The van der Waals surface area contributed by atoms with Gasteiger partial charge in [0.05, 0.1) is 20.1 Å². The van der Waals surface area contributed by atoms with Crippen LogP contribution in [-0.2, 0) is 0 Å². The number of rotatable bonds is 3. The fraction of sp³-hybridized carbons (Fsp3) is 0. The van der Waals surface area contributed by atoms with Gasteiger partial charge in [0.25, 0.3) is 0 Å². The van der Waals surface area contributed by atoms with Gasteiger partial charge in [-0.1, -0.05) is 23.2 Å². The summed E-state index contributed by atoms with van der Waals surface area (Å²) in [6, 6.07) is 5.69. The summed E-state index contributed by atoms with van der Waals surface area (Å²) >= 11 is 13.3. The molecule has 7 nitrogen and oxygen atoms in total. The fourth-order valence-corrected chi connectivity index (χ4v) is 2.39. The van der Waals surface area contributed by atoms with Gasteiger partial charge in [-0.25, -0.2) is 0 Å². The Morgan fingerprint density at radius 1 is 1.33 bits per heavy atom. The Kier molecular flexibility index (Phi) is 4.76. The van der Waals surface area contributed by atoms with Crippen molar-refractivity contribution >= 4 is 51.5 Å². The van der Waals surface area contributed by atoms with Crippen molar-refractivity contribution in [3.8, 4) is 17.6 Å². The molecule has 0 saturated heterocycles. The molecular formula is C11H3Cl2IN4O3. The zero-order valence-corrected chi connectivity index (χ0v) is 13.5. The fourth-order valence-electron chi connectivity index (χ4n) is 1.40. The number of nitro groups is 1. The molecule has 0 N–H and O–H groups in total. The van der Waals surface area contributed by atoms with Gasteiger partial charge in [0.1, 0.15) is 0 Å². The number of ether oxygens (including phenoxy) is 1. The van der Waals surface area contributed by atoms with Gasteiger partial charge in [-0.2, -0.15) is 5.26 Å². The van der Waals surface area contributed by atoms with Crippen LogP contribution in [0.4, 0.5) is 5.69 Å². The summed E-state index contributed by atoms with van der Waals surface area (Å²) in [5.41, 5.74) is -0.210. The number of aromatic nitrogens is 2. The topological polar surface area (TPSA) is 102 Å². The monoisotopic (exact) mass is 436 g/mol. The number of nitro benzene ring substituents is 1. The molecule has 2 rings (SSSR count). The van der Waals surface area contributed by atoms with Crippen molar-refractivity contribution in [2.24, 2.45) is 0 Å². The second kappa shape index (κ2) is 6.38. The van der Waals surface area contributed by atoms with E-state index >= 15 is 0 Å². The lowest BCUT2D eigenvalue weighted by Gasteiger charge is -2.09. The summed E-state index contributed by atoms with van der Waals surface area (Å²) in [6.45, 7) is 0. The second-order valence-electron chi connectivity index (χ2n) is 3.60. The lowest BCUT2D eigenvalue weighted by Crippen LogP contribution is -1.98. The third-order valence-electron chi connectivity index (χ3n) is 2.25. The number of halogens is 3. The number of nitriles is 1. The van der Waals surface area contributed by atoms with Gasteiger partial charge in [-0.05, 0) is 28.7 Å². The average Bonchev–Trinajstić information content (AvgIpc) is 2.44. The minimum Gasteiger partial charge on any atom is -0.446 e. The van der Waals surface area contributed by atoms with Gasteiger partial charge < -0.3 is 4.74 Å². The van der Waals surface area contributed by atoms with Crippen molar-refractivity contribution in [3.63, 3.8) is 0 Å². The van der Waals surface area contributed by atoms with Gasteiger partial charge in [-0.3, -0.25) is 10.1 Å². The van der Waals surface area contributed by atoms with Crippen molar-refractivity contribution in [1.29, 1.82) is 5.26 Å². The minimum atomic E-state index is -0.650. The van der Waals surface area contributed by atoms with E-state index in [-0.39, 0.29) is 33.1 Å². The Labute approximate surface area is 141 Å². The van der Waals surface area contributed by atoms with Crippen LogP contribution in [0.5, 0.6) is 11.5 Å². The molecule has 1 aromatic carbocycles. The van der Waals surface area contributed by atoms with Crippen LogP contribution < -0.4 is 4.74 Å². The summed E-state index contributed by atoms with van der Waals surface area (Å²) in [5, 5.41) is 27.0. The summed E-state index contributed by atoms with van der Waals surface area (Å²) < 4.78 is 5.81. The summed E-state index contributed by atoms with van der Waals surface area (Å²) in [5.74, 6) is -0.0204. The zero-order valence-electron chi connectivity index (χ0n) is 9.88. The van der Waals surface area contributed by atoms with Crippen LogP contribution in [0, 0.1) is 25.0 Å². The highest BCUT2D eigenvalue weighted by molar-refractivity contribution is 14.1. The van der Waals surface area contributed by atoms with E-state index in [0.29, 0.717) is 3.57 Å². The third-order valence-corrected chi connectivity index (χ3v) is 3.50. The van der Waals surface area contributed by atoms with E-state index < -0.39 is 4.92 Å². The van der Waals surface area contributed by atoms with E-state index in [9.17, 15) is 10.1 Å². The van der Waals surface area contributed by atoms with Crippen molar-refractivity contribution in [3.05, 3.63) is 47.8 Å². The maximum absolute atomic E-state index is 11.1. The molecule has 0 radical (unpaired) electrons. The predicted octanol–water partition coefficient (Wildman–Crippen LogP) is 3.96. The molecule has 0 amide bonds. The predicted molar refractivity (Wildman–Crippen MR) is 82.7 cm³/mol.